The molecule has 1 atom stereocenters. The van der Waals surface area contributed by atoms with Crippen molar-refractivity contribution >= 4 is 29.0 Å². The molecule has 0 aliphatic rings. The molecule has 2 rings (SSSR count). The number of rotatable bonds is 4. The number of aromatic nitrogens is 1. The highest BCUT2D eigenvalue weighted by Gasteiger charge is 2.15. The van der Waals surface area contributed by atoms with Crippen LogP contribution in [0, 0.1) is 6.92 Å². The number of carbonyl (C=O) groups is 2. The van der Waals surface area contributed by atoms with Gasteiger partial charge < -0.3 is 15.7 Å². The van der Waals surface area contributed by atoms with Crippen molar-refractivity contribution in [3.8, 4) is 0 Å². The van der Waals surface area contributed by atoms with Gasteiger partial charge in [-0.15, -0.1) is 11.3 Å². The van der Waals surface area contributed by atoms with E-state index in [2.05, 4.69) is 15.6 Å². The fourth-order valence-corrected chi connectivity index (χ4v) is 2.54. The number of nitrogens with one attached hydrogen (secondary N) is 2. The van der Waals surface area contributed by atoms with E-state index in [9.17, 15) is 9.59 Å². The number of hydrogen-bond donors (Lipinski definition) is 3. The van der Waals surface area contributed by atoms with Gasteiger partial charge in [0.25, 0.3) is 0 Å². The number of carboxylic acids is 1. The number of thiazole rings is 1. The van der Waals surface area contributed by atoms with Crippen LogP contribution in [0.2, 0.25) is 0 Å². The molecule has 1 aromatic carbocycles. The SMILES string of the molecule is Cc1cnc(C(C)NC(=O)Nc2ccccc2C(=O)O)s1. The maximum atomic E-state index is 11.9. The second kappa shape index (κ2) is 6.36. The largest absolute Gasteiger partial charge is 0.478 e. The van der Waals surface area contributed by atoms with Gasteiger partial charge in [-0.25, -0.2) is 14.6 Å². The van der Waals surface area contributed by atoms with E-state index in [1.807, 2.05) is 13.8 Å². The van der Waals surface area contributed by atoms with Gasteiger partial charge in [0.15, 0.2) is 0 Å². The monoisotopic (exact) mass is 305 g/mol. The third kappa shape index (κ3) is 3.79. The molecular weight excluding hydrogens is 290 g/mol. The lowest BCUT2D eigenvalue weighted by Crippen LogP contribution is -2.31. The van der Waals surface area contributed by atoms with Gasteiger partial charge in [-0.2, -0.15) is 0 Å². The predicted molar refractivity (Wildman–Crippen MR) is 80.8 cm³/mol. The number of aryl methyl sites for hydroxylation is 1. The van der Waals surface area contributed by atoms with E-state index in [0.29, 0.717) is 0 Å². The Kier molecular flexibility index (Phi) is 4.54. The van der Waals surface area contributed by atoms with Crippen molar-refractivity contribution in [3.05, 3.63) is 45.9 Å². The zero-order valence-electron chi connectivity index (χ0n) is 11.6. The fourth-order valence-electron chi connectivity index (χ4n) is 1.77. The molecule has 0 saturated carbocycles. The summed E-state index contributed by atoms with van der Waals surface area (Å²) in [5, 5.41) is 15.1. The molecule has 2 amide bonds. The first-order valence-corrected chi connectivity index (χ1v) is 7.11. The molecule has 3 N–H and O–H groups in total. The Morgan fingerprint density at radius 1 is 1.33 bits per heavy atom. The Hall–Kier alpha value is -2.41. The number of para-hydroxylation sites is 1. The number of nitrogens with zero attached hydrogens (tertiary/aromatic N) is 1. The molecule has 1 aromatic heterocycles. The summed E-state index contributed by atoms with van der Waals surface area (Å²) in [5.41, 5.74) is 0.301. The number of hydrogen-bond acceptors (Lipinski definition) is 4. The smallest absolute Gasteiger partial charge is 0.337 e. The van der Waals surface area contributed by atoms with E-state index in [1.54, 1.807) is 24.4 Å². The molecule has 0 saturated heterocycles. The van der Waals surface area contributed by atoms with Crippen molar-refractivity contribution in [2.45, 2.75) is 19.9 Å². The Labute approximate surface area is 125 Å². The van der Waals surface area contributed by atoms with Crippen LogP contribution in [0.15, 0.2) is 30.5 Å². The molecule has 6 nitrogen and oxygen atoms in total. The molecule has 0 spiro atoms. The highest BCUT2D eigenvalue weighted by atomic mass is 32.1. The van der Waals surface area contributed by atoms with Crippen molar-refractivity contribution in [1.82, 2.24) is 10.3 Å². The van der Waals surface area contributed by atoms with Gasteiger partial charge in [-0.05, 0) is 26.0 Å². The van der Waals surface area contributed by atoms with Gasteiger partial charge in [0.05, 0.1) is 17.3 Å². The quantitative estimate of drug-likeness (QED) is 0.809. The van der Waals surface area contributed by atoms with E-state index in [0.717, 1.165) is 9.88 Å². The predicted octanol–water partition coefficient (Wildman–Crippen LogP) is 3.03. The lowest BCUT2D eigenvalue weighted by atomic mass is 10.2. The first kappa shape index (κ1) is 15.0. The third-order valence-corrected chi connectivity index (χ3v) is 3.86. The van der Waals surface area contributed by atoms with E-state index >= 15 is 0 Å². The molecule has 110 valence electrons. The Balaban J connectivity index is 2.04. The second-order valence-electron chi connectivity index (χ2n) is 4.48. The van der Waals surface area contributed by atoms with Crippen molar-refractivity contribution in [2.24, 2.45) is 0 Å². The number of amides is 2. The van der Waals surface area contributed by atoms with Crippen LogP contribution < -0.4 is 10.6 Å². The summed E-state index contributed by atoms with van der Waals surface area (Å²) in [4.78, 5) is 28.3. The molecule has 1 heterocycles. The van der Waals surface area contributed by atoms with E-state index < -0.39 is 12.0 Å². The topological polar surface area (TPSA) is 91.3 Å². The Morgan fingerprint density at radius 2 is 2.05 bits per heavy atom. The molecule has 21 heavy (non-hydrogen) atoms. The summed E-state index contributed by atoms with van der Waals surface area (Å²) < 4.78 is 0. The standard InChI is InChI=1S/C14H15N3O3S/c1-8-7-15-12(21-8)9(2)16-14(20)17-11-6-4-3-5-10(11)13(18)19/h3-7,9H,1-2H3,(H,18,19)(H2,16,17,20). The third-order valence-electron chi connectivity index (χ3n) is 2.76. The van der Waals surface area contributed by atoms with Gasteiger partial charge in [0, 0.05) is 11.1 Å². The van der Waals surface area contributed by atoms with E-state index in [4.69, 9.17) is 5.11 Å². The average molecular weight is 305 g/mol. The van der Waals surface area contributed by atoms with Crippen molar-refractivity contribution in [1.29, 1.82) is 0 Å². The van der Waals surface area contributed by atoms with Gasteiger partial charge in [-0.1, -0.05) is 12.1 Å². The molecule has 0 fully saturated rings. The van der Waals surface area contributed by atoms with Crippen molar-refractivity contribution in [3.63, 3.8) is 0 Å². The molecule has 1 unspecified atom stereocenters. The summed E-state index contributed by atoms with van der Waals surface area (Å²) in [6.07, 6.45) is 1.75. The minimum atomic E-state index is -1.09. The summed E-state index contributed by atoms with van der Waals surface area (Å²) in [7, 11) is 0. The summed E-state index contributed by atoms with van der Waals surface area (Å²) in [6.45, 7) is 3.76. The molecule has 0 aliphatic heterocycles. The normalized spacial score (nSPS) is 11.7. The lowest BCUT2D eigenvalue weighted by molar-refractivity contribution is 0.0698. The summed E-state index contributed by atoms with van der Waals surface area (Å²) >= 11 is 1.50. The van der Waals surface area contributed by atoms with Crippen LogP contribution in [-0.2, 0) is 0 Å². The average Bonchev–Trinajstić information content (AvgIpc) is 2.85. The summed E-state index contributed by atoms with van der Waals surface area (Å²) in [6, 6.07) is 5.53. The minimum absolute atomic E-state index is 0.0467. The van der Waals surface area contributed by atoms with Crippen LogP contribution in [-0.4, -0.2) is 22.1 Å². The molecule has 7 heteroatoms. The molecular formula is C14H15N3O3S. The Morgan fingerprint density at radius 3 is 2.67 bits per heavy atom. The molecule has 0 bridgehead atoms. The van der Waals surface area contributed by atoms with Crippen LogP contribution in [0.25, 0.3) is 0 Å². The summed E-state index contributed by atoms with van der Waals surface area (Å²) in [5.74, 6) is -1.09. The van der Waals surface area contributed by atoms with E-state index in [-0.39, 0.29) is 17.3 Å². The van der Waals surface area contributed by atoms with Crippen LogP contribution in [0.3, 0.4) is 0 Å². The molecule has 0 radical (unpaired) electrons. The van der Waals surface area contributed by atoms with Crippen molar-refractivity contribution < 1.29 is 14.7 Å². The van der Waals surface area contributed by atoms with Crippen LogP contribution >= 0.6 is 11.3 Å². The van der Waals surface area contributed by atoms with Gasteiger partial charge >= 0.3 is 12.0 Å². The highest BCUT2D eigenvalue weighted by Crippen LogP contribution is 2.19. The molecule has 2 aromatic rings. The molecule has 0 aliphatic carbocycles. The zero-order chi connectivity index (χ0) is 15.4. The first-order chi connectivity index (χ1) is 9.97. The van der Waals surface area contributed by atoms with Gasteiger partial charge in [0.1, 0.15) is 5.01 Å². The number of anilines is 1. The Bertz CT molecular complexity index is 669. The number of carbonyl (C=O) groups excluding carboxylic acids is 1. The lowest BCUT2D eigenvalue weighted by Gasteiger charge is -2.13. The maximum Gasteiger partial charge on any atom is 0.337 e. The number of aromatic carboxylic acids is 1. The fraction of sp³-hybridized carbons (Fsp3) is 0.214. The first-order valence-electron chi connectivity index (χ1n) is 6.29. The number of urea groups is 1. The maximum absolute atomic E-state index is 11.9. The van der Waals surface area contributed by atoms with Crippen LogP contribution in [0.4, 0.5) is 10.5 Å². The zero-order valence-corrected chi connectivity index (χ0v) is 12.4. The number of carboxylic acid groups (broad SMARTS) is 1. The van der Waals surface area contributed by atoms with Crippen LogP contribution in [0.1, 0.15) is 33.2 Å². The minimum Gasteiger partial charge on any atom is -0.478 e. The van der Waals surface area contributed by atoms with Crippen LogP contribution in [0.5, 0.6) is 0 Å². The second-order valence-corrected chi connectivity index (χ2v) is 5.75. The van der Waals surface area contributed by atoms with Gasteiger partial charge in [0.2, 0.25) is 0 Å². The van der Waals surface area contributed by atoms with Gasteiger partial charge in [-0.3, -0.25) is 0 Å². The van der Waals surface area contributed by atoms with E-state index in [1.165, 1.54) is 17.4 Å². The number of benzene rings is 1. The van der Waals surface area contributed by atoms with Crippen molar-refractivity contribution in [2.75, 3.05) is 5.32 Å². The highest BCUT2D eigenvalue weighted by molar-refractivity contribution is 7.11.